The summed E-state index contributed by atoms with van der Waals surface area (Å²) in [5, 5.41) is 14.6. The highest BCUT2D eigenvalue weighted by molar-refractivity contribution is 5.86. The molecule has 0 aliphatic carbocycles. The first-order valence-electron chi connectivity index (χ1n) is 6.56. The Bertz CT molecular complexity index is 301. The fourth-order valence-electron chi connectivity index (χ4n) is 1.71. The van der Waals surface area contributed by atoms with E-state index in [1.54, 1.807) is 0 Å². The Labute approximate surface area is 109 Å². The van der Waals surface area contributed by atoms with Crippen molar-refractivity contribution in [3.8, 4) is 0 Å². The zero-order valence-electron chi connectivity index (χ0n) is 12.1. The predicted octanol–water partition coefficient (Wildman–Crippen LogP) is 2.51. The maximum absolute atomic E-state index is 11.9. The molecule has 5 nitrogen and oxygen atoms in total. The summed E-state index contributed by atoms with van der Waals surface area (Å²) in [5.41, 5.74) is -1.50. The molecule has 18 heavy (non-hydrogen) atoms. The Hall–Kier alpha value is -1.26. The van der Waals surface area contributed by atoms with Crippen LogP contribution in [-0.4, -0.2) is 28.2 Å². The maximum Gasteiger partial charge on any atom is 0.329 e. The summed E-state index contributed by atoms with van der Waals surface area (Å²) in [4.78, 5) is 23.1. The molecule has 0 saturated carbocycles. The Morgan fingerprint density at radius 3 is 1.89 bits per heavy atom. The van der Waals surface area contributed by atoms with Crippen LogP contribution < -0.4 is 10.6 Å². The molecule has 0 rings (SSSR count). The van der Waals surface area contributed by atoms with Gasteiger partial charge in [0.25, 0.3) is 0 Å². The van der Waals surface area contributed by atoms with Gasteiger partial charge in [-0.25, -0.2) is 9.59 Å². The molecule has 0 aromatic heterocycles. The minimum absolute atomic E-state index is 0.296. The number of carboxylic acid groups (broad SMARTS) is 1. The van der Waals surface area contributed by atoms with Crippen LogP contribution in [0.1, 0.15) is 60.3 Å². The zero-order valence-corrected chi connectivity index (χ0v) is 12.1. The van der Waals surface area contributed by atoms with Gasteiger partial charge in [0.2, 0.25) is 0 Å². The lowest BCUT2D eigenvalue weighted by molar-refractivity contribution is -0.144. The van der Waals surface area contributed by atoms with Gasteiger partial charge >= 0.3 is 12.0 Å². The Morgan fingerprint density at radius 2 is 1.56 bits per heavy atom. The third-order valence-electron chi connectivity index (χ3n) is 3.59. The lowest BCUT2D eigenvalue weighted by Gasteiger charge is -2.32. The fourth-order valence-corrected chi connectivity index (χ4v) is 1.71. The molecular formula is C13H26N2O3. The van der Waals surface area contributed by atoms with Gasteiger partial charge in [-0.15, -0.1) is 0 Å². The van der Waals surface area contributed by atoms with Gasteiger partial charge in [0.15, 0.2) is 0 Å². The number of nitrogens with one attached hydrogen (secondary N) is 2. The minimum atomic E-state index is -1.21. The Kier molecular flexibility index (Phi) is 6.15. The van der Waals surface area contributed by atoms with Crippen LogP contribution in [0.3, 0.4) is 0 Å². The highest BCUT2D eigenvalue weighted by Gasteiger charge is 2.35. The first-order valence-corrected chi connectivity index (χ1v) is 6.56. The largest absolute Gasteiger partial charge is 0.480 e. The summed E-state index contributed by atoms with van der Waals surface area (Å²) >= 11 is 0. The number of aliphatic carboxylic acids is 1. The van der Waals surface area contributed by atoms with E-state index in [-0.39, 0.29) is 5.54 Å². The van der Waals surface area contributed by atoms with Crippen LogP contribution in [0.15, 0.2) is 0 Å². The number of urea groups is 1. The van der Waals surface area contributed by atoms with Crippen LogP contribution in [0.2, 0.25) is 0 Å². The maximum atomic E-state index is 11.9. The molecule has 106 valence electrons. The van der Waals surface area contributed by atoms with Crippen LogP contribution in [-0.2, 0) is 4.79 Å². The average Bonchev–Trinajstić information content (AvgIpc) is 2.28. The van der Waals surface area contributed by atoms with E-state index in [4.69, 9.17) is 0 Å². The van der Waals surface area contributed by atoms with Gasteiger partial charge in [0.1, 0.15) is 5.54 Å². The van der Waals surface area contributed by atoms with Crippen LogP contribution in [0.4, 0.5) is 4.79 Å². The monoisotopic (exact) mass is 258 g/mol. The second kappa shape index (κ2) is 6.61. The highest BCUT2D eigenvalue weighted by atomic mass is 16.4. The summed E-state index contributed by atoms with van der Waals surface area (Å²) in [6.45, 7) is 9.36. The van der Waals surface area contributed by atoms with Gasteiger partial charge in [-0.1, -0.05) is 27.2 Å². The van der Waals surface area contributed by atoms with Crippen LogP contribution in [0, 0.1) is 0 Å². The molecule has 0 fully saturated rings. The molecule has 3 N–H and O–H groups in total. The molecule has 0 saturated heterocycles. The van der Waals surface area contributed by atoms with Crippen LogP contribution in [0.25, 0.3) is 0 Å². The highest BCUT2D eigenvalue weighted by Crippen LogP contribution is 2.15. The molecule has 1 atom stereocenters. The van der Waals surface area contributed by atoms with Crippen molar-refractivity contribution in [1.82, 2.24) is 10.6 Å². The van der Waals surface area contributed by atoms with E-state index < -0.39 is 17.5 Å². The summed E-state index contributed by atoms with van der Waals surface area (Å²) < 4.78 is 0. The lowest BCUT2D eigenvalue weighted by atomic mass is 9.95. The van der Waals surface area contributed by atoms with Crippen molar-refractivity contribution in [2.75, 3.05) is 0 Å². The van der Waals surface area contributed by atoms with Crippen molar-refractivity contribution >= 4 is 12.0 Å². The molecule has 0 aromatic rings. The minimum Gasteiger partial charge on any atom is -0.480 e. The number of rotatable bonds is 7. The third-order valence-corrected chi connectivity index (χ3v) is 3.59. The summed E-state index contributed by atoms with van der Waals surface area (Å²) in [7, 11) is 0. The molecule has 1 unspecified atom stereocenters. The third kappa shape index (κ3) is 4.55. The van der Waals surface area contributed by atoms with E-state index in [0.29, 0.717) is 12.8 Å². The van der Waals surface area contributed by atoms with Gasteiger partial charge in [-0.3, -0.25) is 0 Å². The topological polar surface area (TPSA) is 78.4 Å². The van der Waals surface area contributed by atoms with Crippen LogP contribution in [0.5, 0.6) is 0 Å². The van der Waals surface area contributed by atoms with E-state index in [0.717, 1.165) is 12.8 Å². The van der Waals surface area contributed by atoms with Crippen LogP contribution >= 0.6 is 0 Å². The summed E-state index contributed by atoms with van der Waals surface area (Å²) in [5.74, 6) is -1.01. The van der Waals surface area contributed by atoms with E-state index in [1.165, 1.54) is 6.92 Å². The first-order chi connectivity index (χ1) is 8.23. The van der Waals surface area contributed by atoms with E-state index in [1.807, 2.05) is 27.7 Å². The van der Waals surface area contributed by atoms with Crippen molar-refractivity contribution in [3.05, 3.63) is 0 Å². The first kappa shape index (κ1) is 16.7. The molecular weight excluding hydrogens is 232 g/mol. The van der Waals surface area contributed by atoms with Gasteiger partial charge in [0.05, 0.1) is 0 Å². The number of carbonyl (C=O) groups is 2. The normalized spacial score (nSPS) is 14.7. The second-order valence-corrected chi connectivity index (χ2v) is 5.23. The molecule has 0 heterocycles. The lowest BCUT2D eigenvalue weighted by Crippen LogP contribution is -2.58. The number of carbonyl (C=O) groups excluding carboxylic acids is 1. The van der Waals surface area contributed by atoms with Crippen molar-refractivity contribution in [2.24, 2.45) is 0 Å². The van der Waals surface area contributed by atoms with E-state index in [9.17, 15) is 14.7 Å². The molecule has 0 bridgehead atoms. The van der Waals surface area contributed by atoms with Gasteiger partial charge in [0, 0.05) is 5.54 Å². The summed E-state index contributed by atoms with van der Waals surface area (Å²) in [6, 6.07) is -0.417. The quantitative estimate of drug-likeness (QED) is 0.656. The van der Waals surface area contributed by atoms with Gasteiger partial charge < -0.3 is 15.7 Å². The van der Waals surface area contributed by atoms with E-state index >= 15 is 0 Å². The Balaban J connectivity index is 4.67. The summed E-state index contributed by atoms with van der Waals surface area (Å²) in [6.07, 6.45) is 2.70. The van der Waals surface area contributed by atoms with Crippen molar-refractivity contribution in [1.29, 1.82) is 0 Å². The van der Waals surface area contributed by atoms with Crippen molar-refractivity contribution < 1.29 is 14.7 Å². The molecule has 0 radical (unpaired) electrons. The molecule has 0 aliphatic heterocycles. The predicted molar refractivity (Wildman–Crippen MR) is 71.6 cm³/mol. The van der Waals surface area contributed by atoms with Crippen molar-refractivity contribution in [2.45, 2.75) is 71.4 Å². The van der Waals surface area contributed by atoms with Gasteiger partial charge in [-0.2, -0.15) is 0 Å². The van der Waals surface area contributed by atoms with Gasteiger partial charge in [-0.05, 0) is 33.1 Å². The molecule has 2 amide bonds. The number of hydrogen-bond acceptors (Lipinski definition) is 2. The number of carboxylic acids is 1. The smallest absolute Gasteiger partial charge is 0.329 e. The molecule has 5 heteroatoms. The molecule has 0 spiro atoms. The fraction of sp³-hybridized carbons (Fsp3) is 0.846. The SMILES string of the molecule is CCCC(C)(NC(=O)NC(C)(CC)CC)C(=O)O. The van der Waals surface area contributed by atoms with E-state index in [2.05, 4.69) is 10.6 Å². The standard InChI is InChI=1S/C13H26N2O3/c1-6-9-13(5,10(16)17)15-11(18)14-12(4,7-2)8-3/h6-9H2,1-5H3,(H,16,17)(H2,14,15,18). The van der Waals surface area contributed by atoms with Crippen molar-refractivity contribution in [3.63, 3.8) is 0 Å². The second-order valence-electron chi connectivity index (χ2n) is 5.23. The Morgan fingerprint density at radius 1 is 1.06 bits per heavy atom. The number of hydrogen-bond donors (Lipinski definition) is 3. The molecule has 0 aliphatic rings. The molecule has 0 aromatic carbocycles. The average molecular weight is 258 g/mol. The zero-order chi connectivity index (χ0) is 14.4. The number of amides is 2.